The topological polar surface area (TPSA) is 72.0 Å². The standard InChI is InChI=1S/C18H19N3O2S2/c1-14-17(24-18(21-14)16-8-5-10-19-12-16)13-20-25(22,23)11-9-15-6-3-2-4-7-15/h2-8,10,12,20H,9,11,13H2,1H3. The molecule has 2 aromatic heterocycles. The van der Waals surface area contributed by atoms with Crippen LogP contribution in [0.15, 0.2) is 54.9 Å². The summed E-state index contributed by atoms with van der Waals surface area (Å²) in [5.74, 6) is 0.0737. The summed E-state index contributed by atoms with van der Waals surface area (Å²) in [6.45, 7) is 2.16. The van der Waals surface area contributed by atoms with E-state index in [-0.39, 0.29) is 12.3 Å². The molecule has 0 saturated heterocycles. The Morgan fingerprint density at radius 1 is 1.12 bits per heavy atom. The second-order valence-electron chi connectivity index (χ2n) is 5.64. The predicted molar refractivity (Wildman–Crippen MR) is 101 cm³/mol. The quantitative estimate of drug-likeness (QED) is 0.690. The summed E-state index contributed by atoms with van der Waals surface area (Å²) in [5, 5.41) is 0.851. The number of pyridine rings is 1. The monoisotopic (exact) mass is 373 g/mol. The Hall–Kier alpha value is -2.09. The first-order valence-corrected chi connectivity index (χ1v) is 10.4. The second-order valence-corrected chi connectivity index (χ2v) is 8.65. The van der Waals surface area contributed by atoms with E-state index in [4.69, 9.17) is 0 Å². The van der Waals surface area contributed by atoms with Gasteiger partial charge in [-0.1, -0.05) is 30.3 Å². The lowest BCUT2D eigenvalue weighted by molar-refractivity contribution is 0.581. The van der Waals surface area contributed by atoms with E-state index in [0.29, 0.717) is 6.42 Å². The van der Waals surface area contributed by atoms with Gasteiger partial charge < -0.3 is 0 Å². The first-order valence-electron chi connectivity index (χ1n) is 7.91. The molecule has 0 radical (unpaired) electrons. The van der Waals surface area contributed by atoms with Crippen molar-refractivity contribution >= 4 is 21.4 Å². The lowest BCUT2D eigenvalue weighted by Gasteiger charge is -2.06. The van der Waals surface area contributed by atoms with Crippen LogP contribution in [0.3, 0.4) is 0 Å². The van der Waals surface area contributed by atoms with Crippen LogP contribution in [0.25, 0.3) is 10.6 Å². The van der Waals surface area contributed by atoms with Gasteiger partial charge in [0.2, 0.25) is 10.0 Å². The van der Waals surface area contributed by atoms with Gasteiger partial charge in [-0.05, 0) is 31.0 Å². The van der Waals surface area contributed by atoms with Crippen molar-refractivity contribution in [2.24, 2.45) is 0 Å². The number of aromatic nitrogens is 2. The number of thiazole rings is 1. The van der Waals surface area contributed by atoms with Crippen molar-refractivity contribution in [2.75, 3.05) is 5.75 Å². The van der Waals surface area contributed by atoms with E-state index < -0.39 is 10.0 Å². The average Bonchev–Trinajstić information content (AvgIpc) is 3.01. The summed E-state index contributed by atoms with van der Waals surface area (Å²) in [5.41, 5.74) is 2.80. The molecule has 25 heavy (non-hydrogen) atoms. The van der Waals surface area contributed by atoms with Crippen LogP contribution in [-0.2, 0) is 23.0 Å². The maximum Gasteiger partial charge on any atom is 0.212 e. The molecule has 3 rings (SSSR count). The van der Waals surface area contributed by atoms with Crippen LogP contribution in [0.2, 0.25) is 0 Å². The molecule has 130 valence electrons. The first kappa shape index (κ1) is 17.7. The summed E-state index contributed by atoms with van der Waals surface area (Å²) in [6, 6.07) is 13.4. The maximum atomic E-state index is 12.2. The summed E-state index contributed by atoms with van der Waals surface area (Å²) in [6.07, 6.45) is 3.97. The molecule has 5 nitrogen and oxygen atoms in total. The molecule has 0 saturated carbocycles. The molecule has 2 heterocycles. The smallest absolute Gasteiger partial charge is 0.212 e. The third kappa shape index (κ3) is 4.94. The second kappa shape index (κ2) is 7.86. The Labute approximate surface area is 151 Å². The fraction of sp³-hybridized carbons (Fsp3) is 0.222. The van der Waals surface area contributed by atoms with Gasteiger partial charge in [0.15, 0.2) is 0 Å². The van der Waals surface area contributed by atoms with Crippen LogP contribution in [-0.4, -0.2) is 24.1 Å². The highest BCUT2D eigenvalue weighted by Gasteiger charge is 2.14. The molecule has 1 aromatic carbocycles. The van der Waals surface area contributed by atoms with Crippen LogP contribution < -0.4 is 4.72 Å². The van der Waals surface area contributed by atoms with Crippen LogP contribution in [0.1, 0.15) is 16.1 Å². The van der Waals surface area contributed by atoms with Gasteiger partial charge in [-0.3, -0.25) is 4.98 Å². The Balaban J connectivity index is 1.62. The van der Waals surface area contributed by atoms with Gasteiger partial charge in [-0.25, -0.2) is 18.1 Å². The summed E-state index contributed by atoms with van der Waals surface area (Å²) in [7, 11) is -3.33. The predicted octanol–water partition coefficient (Wildman–Crippen LogP) is 3.18. The zero-order valence-electron chi connectivity index (χ0n) is 13.8. The van der Waals surface area contributed by atoms with Crippen molar-refractivity contribution in [1.29, 1.82) is 0 Å². The highest BCUT2D eigenvalue weighted by atomic mass is 32.2. The number of hydrogen-bond acceptors (Lipinski definition) is 5. The largest absolute Gasteiger partial charge is 0.264 e. The minimum Gasteiger partial charge on any atom is -0.264 e. The highest BCUT2D eigenvalue weighted by molar-refractivity contribution is 7.89. The number of nitrogens with one attached hydrogen (secondary N) is 1. The van der Waals surface area contributed by atoms with Crippen molar-refractivity contribution in [2.45, 2.75) is 19.9 Å². The molecule has 0 fully saturated rings. The van der Waals surface area contributed by atoms with E-state index in [1.54, 1.807) is 12.4 Å². The maximum absolute atomic E-state index is 12.2. The number of rotatable bonds is 7. The minimum atomic E-state index is -3.33. The summed E-state index contributed by atoms with van der Waals surface area (Å²) >= 11 is 1.49. The molecule has 0 aliphatic rings. The van der Waals surface area contributed by atoms with E-state index >= 15 is 0 Å². The van der Waals surface area contributed by atoms with E-state index in [2.05, 4.69) is 14.7 Å². The fourth-order valence-corrected chi connectivity index (χ4v) is 4.45. The number of nitrogens with zero attached hydrogens (tertiary/aromatic N) is 2. The molecular weight excluding hydrogens is 354 g/mol. The molecule has 3 aromatic rings. The third-order valence-electron chi connectivity index (χ3n) is 3.76. The molecule has 0 unspecified atom stereocenters. The number of aryl methyl sites for hydroxylation is 2. The molecular formula is C18H19N3O2S2. The van der Waals surface area contributed by atoms with Gasteiger partial charge in [-0.2, -0.15) is 0 Å². The van der Waals surface area contributed by atoms with Crippen molar-refractivity contribution < 1.29 is 8.42 Å². The van der Waals surface area contributed by atoms with Crippen LogP contribution >= 0.6 is 11.3 Å². The van der Waals surface area contributed by atoms with E-state index in [1.807, 2.05) is 49.4 Å². The van der Waals surface area contributed by atoms with Crippen molar-refractivity contribution in [1.82, 2.24) is 14.7 Å². The van der Waals surface area contributed by atoms with Crippen molar-refractivity contribution in [3.05, 3.63) is 71.0 Å². The van der Waals surface area contributed by atoms with E-state index in [1.165, 1.54) is 11.3 Å². The Morgan fingerprint density at radius 3 is 2.64 bits per heavy atom. The van der Waals surface area contributed by atoms with Crippen LogP contribution in [0.4, 0.5) is 0 Å². The van der Waals surface area contributed by atoms with E-state index in [9.17, 15) is 8.42 Å². The molecule has 0 spiro atoms. The molecule has 0 atom stereocenters. The molecule has 1 N–H and O–H groups in total. The number of hydrogen-bond donors (Lipinski definition) is 1. The first-order chi connectivity index (χ1) is 12.0. The zero-order chi connectivity index (χ0) is 17.7. The minimum absolute atomic E-state index is 0.0737. The van der Waals surface area contributed by atoms with Gasteiger partial charge in [0.25, 0.3) is 0 Å². The number of sulfonamides is 1. The molecule has 0 amide bonds. The van der Waals surface area contributed by atoms with Gasteiger partial charge >= 0.3 is 0 Å². The average molecular weight is 374 g/mol. The fourth-order valence-electron chi connectivity index (χ4n) is 2.35. The Kier molecular flexibility index (Phi) is 5.57. The van der Waals surface area contributed by atoms with Crippen LogP contribution in [0.5, 0.6) is 0 Å². The highest BCUT2D eigenvalue weighted by Crippen LogP contribution is 2.27. The summed E-state index contributed by atoms with van der Waals surface area (Å²) in [4.78, 5) is 9.53. The lowest BCUT2D eigenvalue weighted by atomic mass is 10.2. The lowest BCUT2D eigenvalue weighted by Crippen LogP contribution is -2.26. The van der Waals surface area contributed by atoms with Crippen molar-refractivity contribution in [3.63, 3.8) is 0 Å². The van der Waals surface area contributed by atoms with Crippen molar-refractivity contribution in [3.8, 4) is 10.6 Å². The molecule has 0 aliphatic carbocycles. The van der Waals surface area contributed by atoms with Crippen LogP contribution in [0, 0.1) is 6.92 Å². The van der Waals surface area contributed by atoms with Gasteiger partial charge in [0.05, 0.1) is 11.4 Å². The number of benzene rings is 1. The zero-order valence-corrected chi connectivity index (χ0v) is 15.5. The normalized spacial score (nSPS) is 11.6. The Bertz CT molecular complexity index is 923. The SMILES string of the molecule is Cc1nc(-c2cccnc2)sc1CNS(=O)(=O)CCc1ccccc1. The van der Waals surface area contributed by atoms with Gasteiger partial charge in [-0.15, -0.1) is 11.3 Å². The van der Waals surface area contributed by atoms with Gasteiger partial charge in [0.1, 0.15) is 5.01 Å². The molecule has 0 aliphatic heterocycles. The molecule has 7 heteroatoms. The Morgan fingerprint density at radius 2 is 1.92 bits per heavy atom. The third-order valence-corrected chi connectivity index (χ3v) is 6.29. The van der Waals surface area contributed by atoms with E-state index in [0.717, 1.165) is 26.7 Å². The summed E-state index contributed by atoms with van der Waals surface area (Å²) < 4.78 is 27.1. The molecule has 0 bridgehead atoms. The van der Waals surface area contributed by atoms with Gasteiger partial charge in [0, 0.05) is 29.4 Å².